The van der Waals surface area contributed by atoms with Gasteiger partial charge in [0.1, 0.15) is 11.3 Å². The fraction of sp³-hybridized carbons (Fsp3) is 0.545. The van der Waals surface area contributed by atoms with E-state index in [1.165, 1.54) is 81.7 Å². The Morgan fingerprint density at radius 3 is 1.15 bits per heavy atom. The van der Waals surface area contributed by atoms with Crippen LogP contribution >= 0.6 is 10.3 Å². The molecule has 324 valence electrons. The Bertz CT molecular complexity index is 1670. The maximum absolute atomic E-state index is 15.2. The molecule has 0 aliphatic carbocycles. The SMILES string of the molecule is CCCCCc1cc(CCCCC)c(S(OC(=O)c2ccccc2O)(c2ccccc2)c2c(CCCCC)cc(CCCCC)cc2CCCCC)c(CCCCC)c1. The lowest BCUT2D eigenvalue weighted by molar-refractivity contribution is 0.0754. The fourth-order valence-electron chi connectivity index (χ4n) is 8.73. The van der Waals surface area contributed by atoms with Crippen LogP contribution in [0.15, 0.2) is 93.5 Å². The minimum absolute atomic E-state index is 0.0333. The van der Waals surface area contributed by atoms with Crippen LogP contribution in [0, 0.1) is 0 Å². The van der Waals surface area contributed by atoms with Crippen LogP contribution in [-0.4, -0.2) is 11.1 Å². The number of hydrogen-bond donors (Lipinski definition) is 1. The molecule has 1 N–H and O–H groups in total. The van der Waals surface area contributed by atoms with Crippen LogP contribution < -0.4 is 0 Å². The van der Waals surface area contributed by atoms with Gasteiger partial charge < -0.3 is 9.29 Å². The van der Waals surface area contributed by atoms with Crippen molar-refractivity contribution in [2.75, 3.05) is 0 Å². The smallest absolute Gasteiger partial charge is 0.353 e. The van der Waals surface area contributed by atoms with E-state index in [1.54, 1.807) is 18.2 Å². The molecular formula is C55H80O3S. The molecule has 4 aromatic carbocycles. The van der Waals surface area contributed by atoms with Gasteiger partial charge in [0.05, 0.1) is 0 Å². The molecule has 0 saturated heterocycles. The van der Waals surface area contributed by atoms with Crippen molar-refractivity contribution in [3.63, 3.8) is 0 Å². The van der Waals surface area contributed by atoms with Gasteiger partial charge in [-0.2, -0.15) is 0 Å². The molecule has 0 spiro atoms. The molecule has 4 aromatic rings. The molecule has 4 heteroatoms. The summed E-state index contributed by atoms with van der Waals surface area (Å²) in [6.07, 6.45) is 26.8. The number of aromatic hydroxyl groups is 1. The van der Waals surface area contributed by atoms with Crippen molar-refractivity contribution >= 4 is 16.3 Å². The Morgan fingerprint density at radius 1 is 0.458 bits per heavy atom. The number of para-hydroxylation sites is 1. The van der Waals surface area contributed by atoms with Gasteiger partial charge in [0.25, 0.3) is 0 Å². The first-order valence-corrected chi connectivity index (χ1v) is 25.6. The van der Waals surface area contributed by atoms with E-state index in [1.807, 2.05) is 6.07 Å². The largest absolute Gasteiger partial charge is 0.507 e. The third kappa shape index (κ3) is 13.8. The first-order valence-electron chi connectivity index (χ1n) is 24.1. The second-order valence-electron chi connectivity index (χ2n) is 17.0. The van der Waals surface area contributed by atoms with E-state index in [4.69, 9.17) is 4.18 Å². The summed E-state index contributed by atoms with van der Waals surface area (Å²) >= 11 is 0. The van der Waals surface area contributed by atoms with E-state index in [-0.39, 0.29) is 11.3 Å². The summed E-state index contributed by atoms with van der Waals surface area (Å²) < 4.78 is 7.61. The summed E-state index contributed by atoms with van der Waals surface area (Å²) in [5.41, 5.74) is 8.50. The quantitative estimate of drug-likeness (QED) is 0.0555. The van der Waals surface area contributed by atoms with Crippen LogP contribution in [0.25, 0.3) is 0 Å². The van der Waals surface area contributed by atoms with Crippen LogP contribution in [0.1, 0.15) is 201 Å². The fourth-order valence-corrected chi connectivity index (χ4v) is 12.6. The third-order valence-electron chi connectivity index (χ3n) is 11.9. The normalized spacial score (nSPS) is 11.9. The summed E-state index contributed by atoms with van der Waals surface area (Å²) in [6.45, 7) is 13.7. The number of carbonyl (C=O) groups excluding carboxylic acids is 1. The van der Waals surface area contributed by atoms with Crippen LogP contribution in [0.5, 0.6) is 5.75 Å². The molecule has 0 aliphatic heterocycles. The zero-order chi connectivity index (χ0) is 42.3. The average molecular weight is 821 g/mol. The molecule has 3 nitrogen and oxygen atoms in total. The molecule has 0 aromatic heterocycles. The van der Waals surface area contributed by atoms with Gasteiger partial charge in [0, 0.05) is 14.7 Å². The molecule has 0 bridgehead atoms. The highest BCUT2D eigenvalue weighted by Gasteiger charge is 2.43. The van der Waals surface area contributed by atoms with Crippen molar-refractivity contribution in [1.82, 2.24) is 0 Å². The summed E-state index contributed by atoms with van der Waals surface area (Å²) in [5, 5.41) is 11.3. The Hall–Kier alpha value is -3.50. The van der Waals surface area contributed by atoms with Crippen molar-refractivity contribution in [3.05, 3.63) is 118 Å². The maximum atomic E-state index is 15.2. The van der Waals surface area contributed by atoms with E-state index in [2.05, 4.69) is 96.1 Å². The van der Waals surface area contributed by atoms with Gasteiger partial charge in [-0.3, -0.25) is 0 Å². The minimum atomic E-state index is -2.71. The second kappa shape index (κ2) is 26.7. The number of phenols is 1. The van der Waals surface area contributed by atoms with Crippen LogP contribution in [-0.2, 0) is 42.7 Å². The number of benzene rings is 4. The van der Waals surface area contributed by atoms with Gasteiger partial charge in [-0.1, -0.05) is 173 Å². The number of carbonyl (C=O) groups is 1. The highest BCUT2D eigenvalue weighted by molar-refractivity contribution is 8.30. The van der Waals surface area contributed by atoms with E-state index in [0.29, 0.717) is 0 Å². The number of rotatable bonds is 29. The molecule has 0 fully saturated rings. The lowest BCUT2D eigenvalue weighted by Crippen LogP contribution is -2.20. The second-order valence-corrected chi connectivity index (χ2v) is 19.6. The highest BCUT2D eigenvalue weighted by atomic mass is 32.3. The van der Waals surface area contributed by atoms with E-state index < -0.39 is 16.3 Å². The summed E-state index contributed by atoms with van der Waals surface area (Å²) in [6, 6.07) is 27.9. The van der Waals surface area contributed by atoms with Crippen LogP contribution in [0.3, 0.4) is 0 Å². The third-order valence-corrected chi connectivity index (χ3v) is 15.5. The first kappa shape index (κ1) is 48.2. The minimum Gasteiger partial charge on any atom is -0.507 e. The molecular weight excluding hydrogens is 741 g/mol. The van der Waals surface area contributed by atoms with Crippen molar-refractivity contribution < 1.29 is 14.1 Å². The maximum Gasteiger partial charge on any atom is 0.353 e. The monoisotopic (exact) mass is 821 g/mol. The van der Waals surface area contributed by atoms with E-state index >= 15 is 4.79 Å². The number of phenolic OH excluding ortho intramolecular Hbond substituents is 1. The molecule has 0 heterocycles. The highest BCUT2D eigenvalue weighted by Crippen LogP contribution is 2.73. The van der Waals surface area contributed by atoms with Gasteiger partial charge in [-0.25, -0.2) is 4.79 Å². The molecule has 0 amide bonds. The molecule has 0 atom stereocenters. The van der Waals surface area contributed by atoms with Gasteiger partial charge in [-0.15, -0.1) is 0 Å². The summed E-state index contributed by atoms with van der Waals surface area (Å²) in [4.78, 5) is 18.8. The lowest BCUT2D eigenvalue weighted by Gasteiger charge is -2.45. The summed E-state index contributed by atoms with van der Waals surface area (Å²) in [7, 11) is -2.71. The zero-order valence-corrected chi connectivity index (χ0v) is 39.0. The number of hydrogen-bond acceptors (Lipinski definition) is 3. The molecule has 0 aliphatic rings. The van der Waals surface area contributed by atoms with E-state index in [0.717, 1.165) is 120 Å². The predicted octanol–water partition coefficient (Wildman–Crippen LogP) is 16.8. The average Bonchev–Trinajstić information content (AvgIpc) is 3.24. The number of unbranched alkanes of at least 4 members (excludes halogenated alkanes) is 12. The Balaban J connectivity index is 2.27. The van der Waals surface area contributed by atoms with Gasteiger partial charge in [-0.05, 0) is 145 Å². The Labute approximate surface area is 362 Å². The molecule has 59 heavy (non-hydrogen) atoms. The Kier molecular flexibility index (Phi) is 21.8. The number of aryl methyl sites for hydroxylation is 6. The lowest BCUT2D eigenvalue weighted by atomic mass is 9.95. The van der Waals surface area contributed by atoms with Crippen molar-refractivity contribution in [2.24, 2.45) is 0 Å². The topological polar surface area (TPSA) is 46.5 Å². The Morgan fingerprint density at radius 2 is 0.797 bits per heavy atom. The van der Waals surface area contributed by atoms with Crippen LogP contribution in [0.4, 0.5) is 0 Å². The summed E-state index contributed by atoms with van der Waals surface area (Å²) in [5.74, 6) is -0.479. The first-order chi connectivity index (χ1) is 28.9. The molecule has 0 unspecified atom stereocenters. The van der Waals surface area contributed by atoms with Gasteiger partial charge in [0.2, 0.25) is 0 Å². The van der Waals surface area contributed by atoms with Crippen molar-refractivity contribution in [2.45, 2.75) is 210 Å². The van der Waals surface area contributed by atoms with Crippen LogP contribution in [0.2, 0.25) is 0 Å². The van der Waals surface area contributed by atoms with Gasteiger partial charge in [0.15, 0.2) is 0 Å². The zero-order valence-electron chi connectivity index (χ0n) is 38.1. The van der Waals surface area contributed by atoms with Crippen molar-refractivity contribution in [3.8, 4) is 5.75 Å². The van der Waals surface area contributed by atoms with E-state index in [9.17, 15) is 5.11 Å². The van der Waals surface area contributed by atoms with Crippen molar-refractivity contribution in [1.29, 1.82) is 0 Å². The molecule has 0 radical (unpaired) electrons. The molecule has 4 rings (SSSR count). The predicted molar refractivity (Wildman–Crippen MR) is 255 cm³/mol. The van der Waals surface area contributed by atoms with Gasteiger partial charge >= 0.3 is 5.97 Å². The standard InChI is InChI=1S/C55H80O3S/c1-7-13-20-30-44-40-46(32-22-15-9-3)53(47(41-44)33-23-16-10-4)59(50-36-26-19-27-37-50,58-55(57)51-38-28-29-39-52(51)56)54-48(34-24-17-11-5)42-45(31-21-14-8-2)43-49(54)35-25-18-12-6/h19,26-29,36-43,56H,7-18,20-25,30-35H2,1-6H3. The molecule has 0 saturated carbocycles.